The molecule has 1 N–H and O–H groups in total. The lowest BCUT2D eigenvalue weighted by Gasteiger charge is -2.26. The predicted molar refractivity (Wildman–Crippen MR) is 110 cm³/mol. The van der Waals surface area contributed by atoms with E-state index >= 15 is 0 Å². The van der Waals surface area contributed by atoms with Gasteiger partial charge in [0.15, 0.2) is 0 Å². The molecule has 0 saturated heterocycles. The van der Waals surface area contributed by atoms with Crippen molar-refractivity contribution >= 4 is 5.91 Å². The standard InChI is InChI=1S/C23H24N2O3/c1-16-8-6-9-18(14-16)15-25-13-7-11-20(23(25)28)22(27)24(3)17(2)19-10-4-5-12-21(19)26/h4-14,17,26H,15H2,1-3H3. The molecule has 0 saturated carbocycles. The molecule has 1 aromatic heterocycles. The molecule has 0 aliphatic heterocycles. The van der Waals surface area contributed by atoms with Crippen LogP contribution in [0.3, 0.4) is 0 Å². The summed E-state index contributed by atoms with van der Waals surface area (Å²) in [6, 6.07) is 17.7. The Labute approximate surface area is 164 Å². The van der Waals surface area contributed by atoms with Crippen molar-refractivity contribution in [2.24, 2.45) is 0 Å². The Balaban J connectivity index is 1.88. The molecule has 0 aliphatic carbocycles. The number of hydrogen-bond acceptors (Lipinski definition) is 3. The van der Waals surface area contributed by atoms with E-state index in [1.807, 2.05) is 38.1 Å². The molecule has 144 valence electrons. The molecule has 0 bridgehead atoms. The molecule has 2 aromatic carbocycles. The minimum Gasteiger partial charge on any atom is -0.508 e. The van der Waals surface area contributed by atoms with Crippen LogP contribution in [0.15, 0.2) is 71.7 Å². The number of nitrogens with zero attached hydrogens (tertiary/aromatic N) is 2. The molecule has 3 rings (SSSR count). The predicted octanol–water partition coefficient (Wildman–Crippen LogP) is 3.74. The van der Waals surface area contributed by atoms with Gasteiger partial charge in [0, 0.05) is 18.8 Å². The van der Waals surface area contributed by atoms with E-state index in [0.29, 0.717) is 12.1 Å². The maximum absolute atomic E-state index is 13.0. The van der Waals surface area contributed by atoms with E-state index in [4.69, 9.17) is 0 Å². The molecule has 1 unspecified atom stereocenters. The zero-order chi connectivity index (χ0) is 20.3. The summed E-state index contributed by atoms with van der Waals surface area (Å²) in [6.45, 7) is 4.23. The molecular formula is C23H24N2O3. The van der Waals surface area contributed by atoms with Crippen molar-refractivity contribution in [1.82, 2.24) is 9.47 Å². The summed E-state index contributed by atoms with van der Waals surface area (Å²) in [4.78, 5) is 27.4. The zero-order valence-corrected chi connectivity index (χ0v) is 16.3. The number of aryl methyl sites for hydroxylation is 1. The number of carbonyl (C=O) groups is 1. The van der Waals surface area contributed by atoms with Crippen molar-refractivity contribution in [3.63, 3.8) is 0 Å². The number of benzene rings is 2. The molecule has 1 heterocycles. The molecule has 3 aromatic rings. The van der Waals surface area contributed by atoms with Crippen LogP contribution in [0.1, 0.15) is 40.0 Å². The molecule has 5 nitrogen and oxygen atoms in total. The quantitative estimate of drug-likeness (QED) is 0.738. The highest BCUT2D eigenvalue weighted by Gasteiger charge is 2.23. The van der Waals surface area contributed by atoms with E-state index in [1.165, 1.54) is 4.90 Å². The number of carbonyl (C=O) groups excluding carboxylic acids is 1. The summed E-state index contributed by atoms with van der Waals surface area (Å²) in [7, 11) is 1.64. The number of aromatic hydroxyl groups is 1. The average Bonchev–Trinajstić information content (AvgIpc) is 2.68. The molecule has 1 amide bonds. The Morgan fingerprint density at radius 2 is 1.86 bits per heavy atom. The van der Waals surface area contributed by atoms with Crippen molar-refractivity contribution in [2.45, 2.75) is 26.4 Å². The van der Waals surface area contributed by atoms with Gasteiger partial charge in [-0.3, -0.25) is 9.59 Å². The van der Waals surface area contributed by atoms with E-state index in [1.54, 1.807) is 54.2 Å². The third kappa shape index (κ3) is 3.98. The first-order valence-corrected chi connectivity index (χ1v) is 9.18. The fraction of sp³-hybridized carbons (Fsp3) is 0.217. The molecule has 0 fully saturated rings. The highest BCUT2D eigenvalue weighted by atomic mass is 16.3. The van der Waals surface area contributed by atoms with Gasteiger partial charge in [-0.15, -0.1) is 0 Å². The van der Waals surface area contributed by atoms with E-state index in [2.05, 4.69) is 0 Å². The average molecular weight is 376 g/mol. The smallest absolute Gasteiger partial charge is 0.263 e. The third-order valence-electron chi connectivity index (χ3n) is 4.97. The van der Waals surface area contributed by atoms with Gasteiger partial charge in [-0.25, -0.2) is 0 Å². The van der Waals surface area contributed by atoms with Crippen LogP contribution in [0.5, 0.6) is 5.75 Å². The minimum atomic E-state index is -0.376. The van der Waals surface area contributed by atoms with Crippen molar-refractivity contribution in [2.75, 3.05) is 7.05 Å². The van der Waals surface area contributed by atoms with E-state index in [-0.39, 0.29) is 28.8 Å². The van der Waals surface area contributed by atoms with Crippen molar-refractivity contribution in [3.05, 3.63) is 99.5 Å². The SMILES string of the molecule is Cc1cccc(Cn2cccc(C(=O)N(C)C(C)c3ccccc3O)c2=O)c1. The van der Waals surface area contributed by atoms with Gasteiger partial charge < -0.3 is 14.6 Å². The summed E-state index contributed by atoms with van der Waals surface area (Å²) < 4.78 is 1.54. The van der Waals surface area contributed by atoms with Crippen LogP contribution in [0.25, 0.3) is 0 Å². The number of phenols is 1. The number of para-hydroxylation sites is 1. The summed E-state index contributed by atoms with van der Waals surface area (Å²) in [6.07, 6.45) is 1.69. The second-order valence-corrected chi connectivity index (χ2v) is 6.99. The van der Waals surface area contributed by atoms with Gasteiger partial charge >= 0.3 is 0 Å². The van der Waals surface area contributed by atoms with Gasteiger partial charge in [0.05, 0.1) is 12.6 Å². The Hall–Kier alpha value is -3.34. The highest BCUT2D eigenvalue weighted by Crippen LogP contribution is 2.27. The fourth-order valence-electron chi connectivity index (χ4n) is 3.25. The largest absolute Gasteiger partial charge is 0.508 e. The molecule has 0 radical (unpaired) electrons. The van der Waals surface area contributed by atoms with Crippen LogP contribution in [-0.4, -0.2) is 27.5 Å². The first-order valence-electron chi connectivity index (χ1n) is 9.18. The highest BCUT2D eigenvalue weighted by molar-refractivity contribution is 5.94. The van der Waals surface area contributed by atoms with E-state index in [0.717, 1.165) is 11.1 Å². The maximum atomic E-state index is 13.0. The summed E-state index contributed by atoms with van der Waals surface area (Å²) in [5.74, 6) is -0.251. The monoisotopic (exact) mass is 376 g/mol. The molecule has 5 heteroatoms. The molecule has 0 spiro atoms. The van der Waals surface area contributed by atoms with Crippen LogP contribution in [0.2, 0.25) is 0 Å². The second kappa shape index (κ2) is 8.13. The van der Waals surface area contributed by atoms with Crippen LogP contribution in [-0.2, 0) is 6.54 Å². The van der Waals surface area contributed by atoms with Gasteiger partial charge in [0.2, 0.25) is 0 Å². The van der Waals surface area contributed by atoms with Crippen LogP contribution in [0.4, 0.5) is 0 Å². The molecule has 0 aliphatic rings. The number of hydrogen-bond donors (Lipinski definition) is 1. The van der Waals surface area contributed by atoms with Gasteiger partial charge in [0.1, 0.15) is 11.3 Å². The van der Waals surface area contributed by atoms with Crippen molar-refractivity contribution < 1.29 is 9.90 Å². The van der Waals surface area contributed by atoms with Gasteiger partial charge in [0.25, 0.3) is 11.5 Å². The van der Waals surface area contributed by atoms with Crippen molar-refractivity contribution in [3.8, 4) is 5.75 Å². The van der Waals surface area contributed by atoms with E-state index < -0.39 is 0 Å². The third-order valence-corrected chi connectivity index (χ3v) is 4.97. The van der Waals surface area contributed by atoms with Gasteiger partial charge in [-0.05, 0) is 37.6 Å². The number of phenolic OH excluding ortho intramolecular Hbond substituents is 1. The summed E-state index contributed by atoms with van der Waals surface area (Å²) >= 11 is 0. The fourth-order valence-corrected chi connectivity index (χ4v) is 3.25. The minimum absolute atomic E-state index is 0.111. The maximum Gasteiger partial charge on any atom is 0.263 e. The number of aromatic nitrogens is 1. The Kier molecular flexibility index (Phi) is 5.64. The van der Waals surface area contributed by atoms with Crippen LogP contribution >= 0.6 is 0 Å². The number of rotatable bonds is 5. The topological polar surface area (TPSA) is 62.5 Å². The number of pyridine rings is 1. The van der Waals surface area contributed by atoms with Crippen molar-refractivity contribution in [1.29, 1.82) is 0 Å². The summed E-state index contributed by atoms with van der Waals surface area (Å²) in [5.41, 5.74) is 2.54. The zero-order valence-electron chi connectivity index (χ0n) is 16.3. The normalized spacial score (nSPS) is 11.8. The van der Waals surface area contributed by atoms with Crippen LogP contribution in [0, 0.1) is 6.92 Å². The lowest BCUT2D eigenvalue weighted by molar-refractivity contribution is 0.0739. The molecular weight excluding hydrogens is 352 g/mol. The first-order chi connectivity index (χ1) is 13.4. The van der Waals surface area contributed by atoms with Gasteiger partial charge in [-0.1, -0.05) is 48.0 Å². The molecule has 28 heavy (non-hydrogen) atoms. The van der Waals surface area contributed by atoms with Crippen LogP contribution < -0.4 is 5.56 Å². The van der Waals surface area contributed by atoms with Gasteiger partial charge in [-0.2, -0.15) is 0 Å². The lowest BCUT2D eigenvalue weighted by Crippen LogP contribution is -2.35. The second-order valence-electron chi connectivity index (χ2n) is 6.99. The summed E-state index contributed by atoms with van der Waals surface area (Å²) in [5, 5.41) is 10.1. The van der Waals surface area contributed by atoms with E-state index in [9.17, 15) is 14.7 Å². The molecule has 1 atom stereocenters. The number of amides is 1. The first kappa shape index (κ1) is 19.4. The Morgan fingerprint density at radius 3 is 2.57 bits per heavy atom. The lowest BCUT2D eigenvalue weighted by atomic mass is 10.1. The Bertz CT molecular complexity index is 1060. The Morgan fingerprint density at radius 1 is 1.11 bits per heavy atom.